The van der Waals surface area contributed by atoms with Crippen LogP contribution in [0.4, 0.5) is 15.8 Å². The molecule has 1 saturated heterocycles. The highest BCUT2D eigenvalue weighted by molar-refractivity contribution is 6.04. The fraction of sp³-hybridized carbons (Fsp3) is 0.222. The van der Waals surface area contributed by atoms with Gasteiger partial charge in [-0.2, -0.15) is 5.26 Å². The molecule has 0 aliphatic carbocycles. The van der Waals surface area contributed by atoms with E-state index in [4.69, 9.17) is 5.26 Å². The summed E-state index contributed by atoms with van der Waals surface area (Å²) in [4.78, 5) is 14.4. The van der Waals surface area contributed by atoms with Crippen molar-refractivity contribution in [3.63, 3.8) is 0 Å². The lowest BCUT2D eigenvalue weighted by Crippen LogP contribution is -2.18. The zero-order chi connectivity index (χ0) is 16.2. The minimum absolute atomic E-state index is 0.154. The number of amides is 1. The maximum absolute atomic E-state index is 14.0. The number of hydrogen-bond donors (Lipinski definition) is 1. The predicted octanol–water partition coefficient (Wildman–Crippen LogP) is 3.55. The molecule has 5 heteroatoms. The van der Waals surface area contributed by atoms with E-state index in [2.05, 4.69) is 10.2 Å². The van der Waals surface area contributed by atoms with Crippen molar-refractivity contribution < 1.29 is 9.18 Å². The Balaban J connectivity index is 1.82. The second kappa shape index (κ2) is 6.49. The number of rotatable bonds is 3. The van der Waals surface area contributed by atoms with Crippen molar-refractivity contribution in [2.45, 2.75) is 12.8 Å². The number of hydrogen-bond acceptors (Lipinski definition) is 3. The van der Waals surface area contributed by atoms with Crippen LogP contribution in [-0.4, -0.2) is 19.0 Å². The predicted molar refractivity (Wildman–Crippen MR) is 87.0 cm³/mol. The first-order chi connectivity index (χ1) is 11.2. The van der Waals surface area contributed by atoms with Crippen LogP contribution in [0, 0.1) is 17.1 Å². The fourth-order valence-electron chi connectivity index (χ4n) is 2.71. The minimum atomic E-state index is -0.474. The standard InChI is InChI=1S/C18H16FN3O/c19-16-7-6-15(22-8-1-2-9-22)11-17(16)21-18(23)14-5-3-4-13(10-14)12-20/h3-7,10-11H,1-2,8-9H2,(H,21,23). The Hall–Kier alpha value is -2.87. The molecule has 1 fully saturated rings. The lowest BCUT2D eigenvalue weighted by molar-refractivity contribution is 0.102. The number of halogens is 1. The van der Waals surface area contributed by atoms with E-state index in [-0.39, 0.29) is 5.69 Å². The van der Waals surface area contributed by atoms with Gasteiger partial charge in [-0.1, -0.05) is 6.07 Å². The molecule has 116 valence electrons. The Morgan fingerprint density at radius 2 is 1.96 bits per heavy atom. The van der Waals surface area contributed by atoms with E-state index in [0.717, 1.165) is 31.6 Å². The molecule has 23 heavy (non-hydrogen) atoms. The van der Waals surface area contributed by atoms with E-state index in [9.17, 15) is 9.18 Å². The molecule has 1 amide bonds. The number of nitrogens with one attached hydrogen (secondary N) is 1. The molecule has 1 aliphatic rings. The maximum atomic E-state index is 14.0. The van der Waals surface area contributed by atoms with Gasteiger partial charge < -0.3 is 10.2 Å². The normalized spacial score (nSPS) is 13.7. The Morgan fingerprint density at radius 1 is 1.17 bits per heavy atom. The van der Waals surface area contributed by atoms with E-state index in [1.165, 1.54) is 12.1 Å². The molecule has 0 bridgehead atoms. The molecule has 4 nitrogen and oxygen atoms in total. The van der Waals surface area contributed by atoms with Gasteiger partial charge in [-0.15, -0.1) is 0 Å². The number of carbonyl (C=O) groups excluding carboxylic acids is 1. The zero-order valence-corrected chi connectivity index (χ0v) is 12.6. The molecule has 1 heterocycles. The molecule has 0 aromatic heterocycles. The van der Waals surface area contributed by atoms with Crippen molar-refractivity contribution in [1.29, 1.82) is 5.26 Å². The molecule has 0 radical (unpaired) electrons. The van der Waals surface area contributed by atoms with Crippen molar-refractivity contribution in [1.82, 2.24) is 0 Å². The molecular formula is C18H16FN3O. The molecule has 0 unspecified atom stereocenters. The summed E-state index contributed by atoms with van der Waals surface area (Å²) in [6, 6.07) is 13.1. The van der Waals surface area contributed by atoms with Gasteiger partial charge in [0.1, 0.15) is 5.82 Å². The lowest BCUT2D eigenvalue weighted by atomic mass is 10.1. The minimum Gasteiger partial charge on any atom is -0.371 e. The van der Waals surface area contributed by atoms with Crippen molar-refractivity contribution in [3.8, 4) is 6.07 Å². The van der Waals surface area contributed by atoms with Gasteiger partial charge >= 0.3 is 0 Å². The lowest BCUT2D eigenvalue weighted by Gasteiger charge is -2.19. The van der Waals surface area contributed by atoms with Gasteiger partial charge in [-0.25, -0.2) is 4.39 Å². The van der Waals surface area contributed by atoms with E-state index >= 15 is 0 Å². The second-order valence-corrected chi connectivity index (χ2v) is 5.51. The summed E-state index contributed by atoms with van der Waals surface area (Å²) in [6.45, 7) is 1.90. The van der Waals surface area contributed by atoms with Gasteiger partial charge in [0, 0.05) is 24.3 Å². The van der Waals surface area contributed by atoms with Crippen molar-refractivity contribution in [2.75, 3.05) is 23.3 Å². The largest absolute Gasteiger partial charge is 0.371 e. The molecule has 1 aliphatic heterocycles. The maximum Gasteiger partial charge on any atom is 0.255 e. The summed E-state index contributed by atoms with van der Waals surface area (Å²) >= 11 is 0. The Kier molecular flexibility index (Phi) is 4.24. The number of nitriles is 1. The molecular weight excluding hydrogens is 293 g/mol. The highest BCUT2D eigenvalue weighted by Gasteiger charge is 2.15. The van der Waals surface area contributed by atoms with Crippen LogP contribution in [0.25, 0.3) is 0 Å². The summed E-state index contributed by atoms with van der Waals surface area (Å²) in [5, 5.41) is 11.5. The van der Waals surface area contributed by atoms with Gasteiger partial charge in [0.25, 0.3) is 5.91 Å². The van der Waals surface area contributed by atoms with Crippen LogP contribution in [0.5, 0.6) is 0 Å². The van der Waals surface area contributed by atoms with Crippen LogP contribution in [-0.2, 0) is 0 Å². The van der Waals surface area contributed by atoms with E-state index < -0.39 is 11.7 Å². The number of carbonyl (C=O) groups is 1. The van der Waals surface area contributed by atoms with Crippen molar-refractivity contribution in [3.05, 3.63) is 59.4 Å². The molecule has 3 rings (SSSR count). The summed E-state index contributed by atoms with van der Waals surface area (Å²) in [6.07, 6.45) is 2.25. The van der Waals surface area contributed by atoms with E-state index in [1.54, 1.807) is 30.3 Å². The molecule has 0 atom stereocenters. The molecule has 0 saturated carbocycles. The smallest absolute Gasteiger partial charge is 0.255 e. The van der Waals surface area contributed by atoms with Gasteiger partial charge in [-0.3, -0.25) is 4.79 Å². The Morgan fingerprint density at radius 3 is 2.70 bits per heavy atom. The highest BCUT2D eigenvalue weighted by Crippen LogP contribution is 2.26. The average molecular weight is 309 g/mol. The summed E-state index contributed by atoms with van der Waals surface area (Å²) < 4.78 is 14.0. The zero-order valence-electron chi connectivity index (χ0n) is 12.6. The van der Waals surface area contributed by atoms with Gasteiger partial charge in [0.05, 0.1) is 17.3 Å². The third-order valence-corrected chi connectivity index (χ3v) is 3.92. The quantitative estimate of drug-likeness (QED) is 0.943. The topological polar surface area (TPSA) is 56.1 Å². The number of nitrogens with zero attached hydrogens (tertiary/aromatic N) is 2. The molecule has 1 N–H and O–H groups in total. The molecule has 2 aromatic rings. The highest BCUT2D eigenvalue weighted by atomic mass is 19.1. The average Bonchev–Trinajstić information content (AvgIpc) is 3.11. The Bertz CT molecular complexity index is 776. The van der Waals surface area contributed by atoms with E-state index in [1.807, 2.05) is 6.07 Å². The summed E-state index contributed by atoms with van der Waals surface area (Å²) in [5.74, 6) is -0.905. The summed E-state index contributed by atoms with van der Waals surface area (Å²) in [7, 11) is 0. The monoisotopic (exact) mass is 309 g/mol. The van der Waals surface area contributed by atoms with Crippen LogP contribution < -0.4 is 10.2 Å². The SMILES string of the molecule is N#Cc1cccc(C(=O)Nc2cc(N3CCCC3)ccc2F)c1. The van der Waals surface area contributed by atoms with Crippen LogP contribution in [0.15, 0.2) is 42.5 Å². The van der Waals surface area contributed by atoms with Crippen molar-refractivity contribution >= 4 is 17.3 Å². The molecule has 0 spiro atoms. The Labute approximate surface area is 134 Å². The summed E-state index contributed by atoms with van der Waals surface area (Å²) in [5.41, 5.74) is 1.78. The van der Waals surface area contributed by atoms with Crippen LogP contribution in [0.3, 0.4) is 0 Å². The first-order valence-electron chi connectivity index (χ1n) is 7.53. The number of anilines is 2. The first-order valence-corrected chi connectivity index (χ1v) is 7.53. The van der Waals surface area contributed by atoms with Crippen molar-refractivity contribution in [2.24, 2.45) is 0 Å². The van der Waals surface area contributed by atoms with Gasteiger partial charge in [0.2, 0.25) is 0 Å². The second-order valence-electron chi connectivity index (χ2n) is 5.51. The fourth-order valence-corrected chi connectivity index (χ4v) is 2.71. The third kappa shape index (κ3) is 3.32. The first kappa shape index (κ1) is 15.0. The van der Waals surface area contributed by atoms with E-state index in [0.29, 0.717) is 11.1 Å². The molecule has 2 aromatic carbocycles. The number of benzene rings is 2. The third-order valence-electron chi connectivity index (χ3n) is 3.92. The van der Waals surface area contributed by atoms with Crippen LogP contribution >= 0.6 is 0 Å². The van der Waals surface area contributed by atoms with Gasteiger partial charge in [-0.05, 0) is 49.2 Å². The van der Waals surface area contributed by atoms with Crippen LogP contribution in [0.1, 0.15) is 28.8 Å². The van der Waals surface area contributed by atoms with Crippen LogP contribution in [0.2, 0.25) is 0 Å². The van der Waals surface area contributed by atoms with Gasteiger partial charge in [0.15, 0.2) is 0 Å².